The van der Waals surface area contributed by atoms with Crippen molar-refractivity contribution in [1.29, 1.82) is 0 Å². The Kier molecular flexibility index (Phi) is 5.69. The van der Waals surface area contributed by atoms with Crippen LogP contribution >= 0.6 is 23.2 Å². The Hall–Kier alpha value is -1.72. The first-order valence-electron chi connectivity index (χ1n) is 7.36. The van der Waals surface area contributed by atoms with Gasteiger partial charge in [0.25, 0.3) is 0 Å². The van der Waals surface area contributed by atoms with Gasteiger partial charge >= 0.3 is 6.18 Å². The first-order valence-corrected chi connectivity index (χ1v) is 8.12. The molecule has 0 amide bonds. The van der Waals surface area contributed by atoms with Crippen LogP contribution in [0.3, 0.4) is 0 Å². The lowest BCUT2D eigenvalue weighted by Gasteiger charge is -2.24. The van der Waals surface area contributed by atoms with Crippen molar-refractivity contribution in [2.45, 2.75) is 26.9 Å². The number of oxime groups is 1. The predicted molar refractivity (Wildman–Crippen MR) is 94.5 cm³/mol. The van der Waals surface area contributed by atoms with Crippen molar-refractivity contribution in [3.05, 3.63) is 63.6 Å². The summed E-state index contributed by atoms with van der Waals surface area (Å²) in [5.41, 5.74) is -1.50. The minimum atomic E-state index is -4.54. The Bertz CT molecular complexity index is 778. The van der Waals surface area contributed by atoms with Crippen LogP contribution in [0.25, 0.3) is 0 Å². The summed E-state index contributed by atoms with van der Waals surface area (Å²) in [6.07, 6.45) is -4.54. The van der Waals surface area contributed by atoms with Gasteiger partial charge in [-0.3, -0.25) is 0 Å². The van der Waals surface area contributed by atoms with Crippen molar-refractivity contribution in [2.75, 3.05) is 0 Å². The van der Waals surface area contributed by atoms with Crippen molar-refractivity contribution < 1.29 is 18.0 Å². The maximum atomic E-state index is 13.4. The molecule has 0 saturated heterocycles. The fourth-order valence-corrected chi connectivity index (χ4v) is 2.44. The second-order valence-corrected chi connectivity index (χ2v) is 7.30. The Morgan fingerprint density at radius 2 is 1.48 bits per heavy atom. The summed E-state index contributed by atoms with van der Waals surface area (Å²) in [4.78, 5) is 5.33. The van der Waals surface area contributed by atoms with E-state index in [9.17, 15) is 13.2 Å². The van der Waals surface area contributed by atoms with Gasteiger partial charge in [-0.05, 0) is 42.5 Å². The molecule has 0 fully saturated rings. The van der Waals surface area contributed by atoms with Gasteiger partial charge in [0, 0.05) is 21.0 Å². The molecule has 0 saturated carbocycles. The third kappa shape index (κ3) is 5.13. The van der Waals surface area contributed by atoms with Gasteiger partial charge < -0.3 is 4.84 Å². The zero-order valence-electron chi connectivity index (χ0n) is 13.8. The summed E-state index contributed by atoms with van der Waals surface area (Å²) in [6, 6.07) is 9.76. The second kappa shape index (κ2) is 7.26. The molecule has 2 aromatic rings. The van der Waals surface area contributed by atoms with E-state index < -0.39 is 17.2 Å². The van der Waals surface area contributed by atoms with E-state index in [1.807, 2.05) is 0 Å². The van der Waals surface area contributed by atoms with Crippen LogP contribution in [0.2, 0.25) is 10.0 Å². The molecule has 0 heterocycles. The van der Waals surface area contributed by atoms with Crippen LogP contribution in [0.1, 0.15) is 31.9 Å². The Morgan fingerprint density at radius 3 is 2.00 bits per heavy atom. The lowest BCUT2D eigenvalue weighted by molar-refractivity contribution is -0.137. The van der Waals surface area contributed by atoms with E-state index in [1.165, 1.54) is 12.1 Å². The molecule has 2 nitrogen and oxygen atoms in total. The van der Waals surface area contributed by atoms with Gasteiger partial charge in [-0.25, -0.2) is 0 Å². The van der Waals surface area contributed by atoms with Crippen molar-refractivity contribution in [3.8, 4) is 5.75 Å². The highest BCUT2D eigenvalue weighted by Crippen LogP contribution is 2.36. The van der Waals surface area contributed by atoms with Crippen LogP contribution in [0.15, 0.2) is 47.6 Å². The normalized spacial score (nSPS) is 13.0. The fraction of sp³-hybridized carbons (Fsp3) is 0.278. The molecular weight excluding hydrogens is 374 g/mol. The number of halogens is 5. The monoisotopic (exact) mass is 389 g/mol. The molecule has 0 atom stereocenters. The SMILES string of the molecule is CC(C)(C)/C(=N\Oc1ccc(Cl)cc1)c1cc(Cl)ccc1C(F)(F)F. The molecule has 0 aliphatic rings. The smallest absolute Gasteiger partial charge is 0.357 e. The first kappa shape index (κ1) is 19.6. The summed E-state index contributed by atoms with van der Waals surface area (Å²) in [5.74, 6) is 0.363. The first-order chi connectivity index (χ1) is 11.5. The molecule has 2 aromatic carbocycles. The molecule has 0 aliphatic carbocycles. The highest BCUT2D eigenvalue weighted by molar-refractivity contribution is 6.31. The van der Waals surface area contributed by atoms with Gasteiger partial charge in [-0.2, -0.15) is 13.2 Å². The van der Waals surface area contributed by atoms with Crippen LogP contribution in [0, 0.1) is 5.41 Å². The second-order valence-electron chi connectivity index (χ2n) is 6.42. The fourth-order valence-electron chi connectivity index (χ4n) is 2.14. The average molecular weight is 390 g/mol. The molecule has 0 spiro atoms. The summed E-state index contributed by atoms with van der Waals surface area (Å²) in [5, 5.41) is 4.70. The van der Waals surface area contributed by atoms with E-state index in [-0.39, 0.29) is 16.3 Å². The molecule has 134 valence electrons. The summed E-state index contributed by atoms with van der Waals surface area (Å²) in [6.45, 7) is 5.24. The molecular formula is C18H16Cl2F3NO. The average Bonchev–Trinajstić information content (AvgIpc) is 2.47. The number of hydrogen-bond acceptors (Lipinski definition) is 2. The Balaban J connectivity index is 2.54. The largest absolute Gasteiger partial charge is 0.417 e. The quantitative estimate of drug-likeness (QED) is 0.415. The topological polar surface area (TPSA) is 21.6 Å². The van der Waals surface area contributed by atoms with Crippen LogP contribution in [0.4, 0.5) is 13.2 Å². The van der Waals surface area contributed by atoms with Gasteiger partial charge in [0.15, 0.2) is 5.75 Å². The molecule has 0 aromatic heterocycles. The predicted octanol–water partition coefficient (Wildman–Crippen LogP) is 6.84. The number of nitrogens with zero attached hydrogens (tertiary/aromatic N) is 1. The summed E-state index contributed by atoms with van der Waals surface area (Å²) >= 11 is 11.7. The van der Waals surface area contributed by atoms with Crippen LogP contribution in [0.5, 0.6) is 5.75 Å². The molecule has 0 unspecified atom stereocenters. The maximum absolute atomic E-state index is 13.4. The summed E-state index contributed by atoms with van der Waals surface area (Å²) in [7, 11) is 0. The molecule has 25 heavy (non-hydrogen) atoms. The van der Waals surface area contributed by atoms with E-state index in [0.717, 1.165) is 6.07 Å². The van der Waals surface area contributed by atoms with Crippen molar-refractivity contribution >= 4 is 28.9 Å². The van der Waals surface area contributed by atoms with Gasteiger partial charge in [-0.1, -0.05) is 49.1 Å². The molecule has 2 rings (SSSR count). The summed E-state index contributed by atoms with van der Waals surface area (Å²) < 4.78 is 40.1. The number of benzene rings is 2. The third-order valence-corrected chi connectivity index (χ3v) is 3.80. The lowest BCUT2D eigenvalue weighted by atomic mass is 9.83. The zero-order chi connectivity index (χ0) is 18.8. The van der Waals surface area contributed by atoms with Gasteiger partial charge in [-0.15, -0.1) is 0 Å². The molecule has 0 aliphatic heterocycles. The van der Waals surface area contributed by atoms with E-state index in [4.69, 9.17) is 28.0 Å². The van der Waals surface area contributed by atoms with E-state index >= 15 is 0 Å². The van der Waals surface area contributed by atoms with Crippen LogP contribution in [-0.4, -0.2) is 5.71 Å². The van der Waals surface area contributed by atoms with Crippen molar-refractivity contribution in [3.63, 3.8) is 0 Å². The molecule has 0 bridgehead atoms. The van der Waals surface area contributed by atoms with E-state index in [2.05, 4.69) is 5.16 Å². The van der Waals surface area contributed by atoms with Crippen LogP contribution in [-0.2, 0) is 6.18 Å². The number of hydrogen-bond donors (Lipinski definition) is 0. The standard InChI is InChI=1S/C18H16Cl2F3NO/c1-17(2,3)16(24-25-13-7-4-11(19)5-8-13)14-10-12(20)6-9-15(14)18(21,22)23/h4-10H,1-3H3/b24-16-. The van der Waals surface area contributed by atoms with Gasteiger partial charge in [0.1, 0.15) is 0 Å². The van der Waals surface area contributed by atoms with Gasteiger partial charge in [0.2, 0.25) is 0 Å². The highest BCUT2D eigenvalue weighted by atomic mass is 35.5. The minimum absolute atomic E-state index is 0.110. The molecule has 0 N–H and O–H groups in total. The Morgan fingerprint density at radius 1 is 0.920 bits per heavy atom. The molecule has 0 radical (unpaired) electrons. The third-order valence-electron chi connectivity index (χ3n) is 3.31. The van der Waals surface area contributed by atoms with E-state index in [0.29, 0.717) is 10.8 Å². The van der Waals surface area contributed by atoms with Gasteiger partial charge in [0.05, 0.1) is 11.3 Å². The number of alkyl halides is 3. The van der Waals surface area contributed by atoms with Crippen LogP contribution < -0.4 is 4.84 Å². The molecule has 7 heteroatoms. The lowest BCUT2D eigenvalue weighted by Crippen LogP contribution is -2.26. The van der Waals surface area contributed by atoms with E-state index in [1.54, 1.807) is 45.0 Å². The Labute approximate surface area is 154 Å². The van der Waals surface area contributed by atoms with Crippen molar-refractivity contribution in [2.24, 2.45) is 10.6 Å². The number of rotatable bonds is 3. The minimum Gasteiger partial charge on any atom is -0.357 e. The zero-order valence-corrected chi connectivity index (χ0v) is 15.3. The highest BCUT2D eigenvalue weighted by Gasteiger charge is 2.37. The van der Waals surface area contributed by atoms with Crippen molar-refractivity contribution in [1.82, 2.24) is 0 Å². The maximum Gasteiger partial charge on any atom is 0.417 e.